The first-order valence-electron chi connectivity index (χ1n) is 6.70. The van der Waals surface area contributed by atoms with Crippen molar-refractivity contribution in [3.63, 3.8) is 0 Å². The first-order valence-corrected chi connectivity index (χ1v) is 6.70. The quantitative estimate of drug-likeness (QED) is 0.849. The number of benzene rings is 1. The van der Waals surface area contributed by atoms with Crippen LogP contribution in [0.1, 0.15) is 36.3 Å². The minimum atomic E-state index is -0.178. The van der Waals surface area contributed by atoms with Crippen LogP contribution in [0.4, 0.5) is 0 Å². The first kappa shape index (κ1) is 11.2. The zero-order valence-electron chi connectivity index (χ0n) is 10.1. The van der Waals surface area contributed by atoms with Crippen LogP contribution in [-0.4, -0.2) is 24.4 Å². The van der Waals surface area contributed by atoms with E-state index in [0.717, 1.165) is 38.9 Å². The van der Waals surface area contributed by atoms with Gasteiger partial charge in [-0.05, 0) is 42.7 Å². The van der Waals surface area contributed by atoms with Crippen molar-refractivity contribution in [2.45, 2.75) is 37.7 Å². The molecule has 3 rings (SSSR count). The van der Waals surface area contributed by atoms with Gasteiger partial charge in [0.15, 0.2) is 0 Å². The second kappa shape index (κ2) is 4.79. The van der Waals surface area contributed by atoms with Gasteiger partial charge >= 0.3 is 0 Å². The second-order valence-corrected chi connectivity index (χ2v) is 5.28. The van der Waals surface area contributed by atoms with Gasteiger partial charge in [-0.25, -0.2) is 0 Å². The molecule has 0 amide bonds. The molecule has 1 aromatic carbocycles. The Kier molecular flexibility index (Phi) is 3.17. The molecule has 0 spiro atoms. The van der Waals surface area contributed by atoms with Crippen molar-refractivity contribution in [2.75, 3.05) is 13.2 Å². The smallest absolute Gasteiger partial charge is 0.0638 e. The molecule has 1 fully saturated rings. The molecule has 1 saturated heterocycles. The van der Waals surface area contributed by atoms with E-state index < -0.39 is 0 Å². The van der Waals surface area contributed by atoms with E-state index in [9.17, 15) is 5.11 Å². The summed E-state index contributed by atoms with van der Waals surface area (Å²) in [5.74, 6) is 0.786. The largest absolute Gasteiger partial charge is 0.392 e. The lowest BCUT2D eigenvalue weighted by Crippen LogP contribution is -2.31. The number of hydrogen-bond acceptors (Lipinski definition) is 2. The molecule has 0 radical (unpaired) electrons. The van der Waals surface area contributed by atoms with Crippen molar-refractivity contribution < 1.29 is 9.84 Å². The molecule has 1 N–H and O–H groups in total. The summed E-state index contributed by atoms with van der Waals surface area (Å²) in [4.78, 5) is 0. The fourth-order valence-electron chi connectivity index (χ4n) is 3.33. The SMILES string of the molecule is OC(C1CCOCC1)C1CCc2ccccc21. The highest BCUT2D eigenvalue weighted by Gasteiger charge is 2.33. The normalized spacial score (nSPS) is 26.8. The monoisotopic (exact) mass is 232 g/mol. The molecular weight excluding hydrogens is 212 g/mol. The summed E-state index contributed by atoms with van der Waals surface area (Å²) in [6.45, 7) is 1.63. The Hall–Kier alpha value is -0.860. The van der Waals surface area contributed by atoms with Crippen LogP contribution in [0.25, 0.3) is 0 Å². The Balaban J connectivity index is 1.76. The van der Waals surface area contributed by atoms with E-state index >= 15 is 0 Å². The van der Waals surface area contributed by atoms with Gasteiger partial charge < -0.3 is 9.84 Å². The summed E-state index contributed by atoms with van der Waals surface area (Å²) in [5, 5.41) is 10.6. The Morgan fingerprint density at radius 1 is 1.12 bits per heavy atom. The molecular formula is C15H20O2. The number of fused-ring (bicyclic) bond motifs is 1. The molecule has 2 heteroatoms. The van der Waals surface area contributed by atoms with Crippen molar-refractivity contribution in [3.8, 4) is 0 Å². The van der Waals surface area contributed by atoms with E-state index in [1.807, 2.05) is 0 Å². The van der Waals surface area contributed by atoms with Crippen molar-refractivity contribution >= 4 is 0 Å². The molecule has 1 heterocycles. The predicted octanol–water partition coefficient (Wildman–Crippen LogP) is 2.50. The Labute approximate surface area is 103 Å². The van der Waals surface area contributed by atoms with E-state index in [1.54, 1.807) is 0 Å². The van der Waals surface area contributed by atoms with Gasteiger partial charge in [-0.15, -0.1) is 0 Å². The van der Waals surface area contributed by atoms with E-state index in [2.05, 4.69) is 24.3 Å². The van der Waals surface area contributed by atoms with Gasteiger partial charge in [-0.2, -0.15) is 0 Å². The highest BCUT2D eigenvalue weighted by atomic mass is 16.5. The molecule has 2 unspecified atom stereocenters. The molecule has 1 aliphatic heterocycles. The summed E-state index contributed by atoms with van der Waals surface area (Å²) in [6.07, 6.45) is 4.08. The van der Waals surface area contributed by atoms with Crippen LogP contribution in [-0.2, 0) is 11.2 Å². The van der Waals surface area contributed by atoms with Gasteiger partial charge in [-0.1, -0.05) is 24.3 Å². The standard InChI is InChI=1S/C15H20O2/c16-15(12-7-9-17-10-8-12)14-6-5-11-3-1-2-4-13(11)14/h1-4,12,14-16H,5-10H2. The van der Waals surface area contributed by atoms with Crippen LogP contribution in [0, 0.1) is 5.92 Å². The molecule has 2 aliphatic rings. The third-order valence-electron chi connectivity index (χ3n) is 4.34. The minimum Gasteiger partial charge on any atom is -0.392 e. The van der Waals surface area contributed by atoms with Gasteiger partial charge in [0, 0.05) is 19.1 Å². The number of aliphatic hydroxyl groups is 1. The van der Waals surface area contributed by atoms with Gasteiger partial charge in [0.2, 0.25) is 0 Å². The maximum atomic E-state index is 10.6. The highest BCUT2D eigenvalue weighted by molar-refractivity contribution is 5.35. The van der Waals surface area contributed by atoms with Gasteiger partial charge in [-0.3, -0.25) is 0 Å². The zero-order chi connectivity index (χ0) is 11.7. The fraction of sp³-hybridized carbons (Fsp3) is 0.600. The van der Waals surface area contributed by atoms with Gasteiger partial charge in [0.25, 0.3) is 0 Å². The second-order valence-electron chi connectivity index (χ2n) is 5.28. The molecule has 0 aromatic heterocycles. The van der Waals surface area contributed by atoms with E-state index in [0.29, 0.717) is 11.8 Å². The van der Waals surface area contributed by atoms with E-state index in [-0.39, 0.29) is 6.10 Å². The van der Waals surface area contributed by atoms with Gasteiger partial charge in [0.05, 0.1) is 6.10 Å². The van der Waals surface area contributed by atoms with E-state index in [1.165, 1.54) is 11.1 Å². The molecule has 0 saturated carbocycles. The van der Waals surface area contributed by atoms with Crippen LogP contribution < -0.4 is 0 Å². The third kappa shape index (κ3) is 2.12. The number of aryl methyl sites for hydroxylation is 1. The average molecular weight is 232 g/mol. The average Bonchev–Trinajstić information content (AvgIpc) is 2.83. The number of hydrogen-bond donors (Lipinski definition) is 1. The lowest BCUT2D eigenvalue weighted by Gasteiger charge is -2.30. The van der Waals surface area contributed by atoms with Crippen molar-refractivity contribution in [3.05, 3.63) is 35.4 Å². The van der Waals surface area contributed by atoms with Crippen LogP contribution in [0.15, 0.2) is 24.3 Å². The summed E-state index contributed by atoms with van der Waals surface area (Å²) in [7, 11) is 0. The van der Waals surface area contributed by atoms with Crippen LogP contribution >= 0.6 is 0 Å². The Morgan fingerprint density at radius 2 is 1.88 bits per heavy atom. The highest BCUT2D eigenvalue weighted by Crippen LogP contribution is 2.39. The molecule has 1 aliphatic carbocycles. The Morgan fingerprint density at radius 3 is 2.71 bits per heavy atom. The topological polar surface area (TPSA) is 29.5 Å². The van der Waals surface area contributed by atoms with Crippen molar-refractivity contribution in [2.24, 2.45) is 5.92 Å². The summed E-state index contributed by atoms with van der Waals surface area (Å²) in [6, 6.07) is 8.58. The number of rotatable bonds is 2. The Bertz CT molecular complexity index is 382. The molecule has 2 nitrogen and oxygen atoms in total. The lowest BCUT2D eigenvalue weighted by molar-refractivity contribution is -0.00285. The van der Waals surface area contributed by atoms with Crippen molar-refractivity contribution in [1.29, 1.82) is 0 Å². The predicted molar refractivity (Wildman–Crippen MR) is 67.1 cm³/mol. The molecule has 1 aromatic rings. The van der Waals surface area contributed by atoms with Crippen LogP contribution in [0.2, 0.25) is 0 Å². The van der Waals surface area contributed by atoms with Gasteiger partial charge in [0.1, 0.15) is 0 Å². The summed E-state index contributed by atoms with van der Waals surface area (Å²) in [5.41, 5.74) is 2.81. The number of ether oxygens (including phenoxy) is 1. The molecule has 17 heavy (non-hydrogen) atoms. The number of aliphatic hydroxyl groups excluding tert-OH is 1. The molecule has 0 bridgehead atoms. The first-order chi connectivity index (χ1) is 8.36. The maximum Gasteiger partial charge on any atom is 0.0638 e. The summed E-state index contributed by atoms with van der Waals surface area (Å²) < 4.78 is 5.37. The lowest BCUT2D eigenvalue weighted by atomic mass is 9.83. The van der Waals surface area contributed by atoms with E-state index in [4.69, 9.17) is 4.74 Å². The molecule has 2 atom stereocenters. The van der Waals surface area contributed by atoms with Crippen LogP contribution in [0.5, 0.6) is 0 Å². The van der Waals surface area contributed by atoms with Crippen LogP contribution in [0.3, 0.4) is 0 Å². The summed E-state index contributed by atoms with van der Waals surface area (Å²) >= 11 is 0. The minimum absolute atomic E-state index is 0.178. The molecule has 92 valence electrons. The zero-order valence-corrected chi connectivity index (χ0v) is 10.1. The third-order valence-corrected chi connectivity index (χ3v) is 4.34. The van der Waals surface area contributed by atoms with Crippen molar-refractivity contribution in [1.82, 2.24) is 0 Å². The maximum absolute atomic E-state index is 10.6. The fourth-order valence-corrected chi connectivity index (χ4v) is 3.33.